The fourth-order valence-electron chi connectivity index (χ4n) is 4.08. The Labute approximate surface area is 180 Å². The zero-order valence-electron chi connectivity index (χ0n) is 17.8. The van der Waals surface area contributed by atoms with Gasteiger partial charge in [0.15, 0.2) is 5.78 Å². The Balaban J connectivity index is 1.33. The third-order valence-electron chi connectivity index (χ3n) is 5.98. The molecule has 0 bridgehead atoms. The summed E-state index contributed by atoms with van der Waals surface area (Å²) in [6, 6.07) is 6.40. The molecule has 1 aliphatic rings. The highest BCUT2D eigenvalue weighted by molar-refractivity contribution is 5.97. The van der Waals surface area contributed by atoms with Gasteiger partial charge in [0, 0.05) is 36.6 Å². The number of benzene rings is 1. The number of carbonyl (C=O) groups excluding carboxylic acids is 1. The molecule has 5 rings (SSSR count). The second-order valence-corrected chi connectivity index (χ2v) is 8.31. The number of hydrogen-bond donors (Lipinski definition) is 0. The maximum Gasteiger partial charge on any atom is 0.173 e. The molecule has 0 saturated carbocycles. The first kappa shape index (κ1) is 19.6. The first-order valence-electron chi connectivity index (χ1n) is 10.6. The summed E-state index contributed by atoms with van der Waals surface area (Å²) in [6.45, 7) is 2.11. The van der Waals surface area contributed by atoms with Gasteiger partial charge in [-0.15, -0.1) is 0 Å². The van der Waals surface area contributed by atoms with E-state index in [0.717, 1.165) is 48.0 Å². The van der Waals surface area contributed by atoms with Gasteiger partial charge < -0.3 is 4.90 Å². The van der Waals surface area contributed by atoms with Crippen molar-refractivity contribution in [1.29, 1.82) is 0 Å². The Morgan fingerprint density at radius 1 is 1.03 bits per heavy atom. The maximum atomic E-state index is 12.8. The molecule has 0 atom stereocenters. The number of ketones is 1. The number of nitrogens with zero attached hydrogens (tertiary/aromatic N) is 7. The molecule has 0 amide bonds. The number of Topliss-reactive ketones (excluding diaryl/α,β-unsaturated/α-hetero) is 1. The second kappa shape index (κ2) is 8.03. The Bertz CT molecular complexity index is 1230. The Hall–Kier alpha value is -3.39. The zero-order valence-corrected chi connectivity index (χ0v) is 17.8. The molecule has 8 heteroatoms. The van der Waals surface area contributed by atoms with Crippen molar-refractivity contribution >= 4 is 16.7 Å². The summed E-state index contributed by atoms with van der Waals surface area (Å²) < 4.78 is 3.72. The van der Waals surface area contributed by atoms with Gasteiger partial charge in [-0.3, -0.25) is 14.2 Å². The number of carbonyl (C=O) groups is 1. The van der Waals surface area contributed by atoms with Crippen LogP contribution >= 0.6 is 0 Å². The monoisotopic (exact) mass is 415 g/mol. The predicted molar refractivity (Wildman–Crippen MR) is 118 cm³/mol. The van der Waals surface area contributed by atoms with Crippen molar-refractivity contribution in [2.45, 2.75) is 25.3 Å². The average molecular weight is 416 g/mol. The van der Waals surface area contributed by atoms with E-state index in [1.54, 1.807) is 17.1 Å². The van der Waals surface area contributed by atoms with E-state index in [9.17, 15) is 4.79 Å². The van der Waals surface area contributed by atoms with Crippen LogP contribution in [-0.2, 0) is 13.5 Å². The topological polar surface area (TPSA) is 81.7 Å². The Morgan fingerprint density at radius 2 is 1.87 bits per heavy atom. The summed E-state index contributed by atoms with van der Waals surface area (Å²) in [4.78, 5) is 24.2. The van der Waals surface area contributed by atoms with E-state index in [2.05, 4.69) is 32.1 Å². The summed E-state index contributed by atoms with van der Waals surface area (Å²) >= 11 is 0. The normalized spacial score (nSPS) is 15.5. The highest BCUT2D eigenvalue weighted by Gasteiger charge is 2.20. The third-order valence-corrected chi connectivity index (χ3v) is 5.98. The van der Waals surface area contributed by atoms with E-state index in [1.165, 1.54) is 0 Å². The van der Waals surface area contributed by atoms with Crippen LogP contribution in [0, 0.1) is 0 Å². The number of piperidine rings is 1. The van der Waals surface area contributed by atoms with E-state index < -0.39 is 0 Å². The molecule has 4 aromatic rings. The van der Waals surface area contributed by atoms with Gasteiger partial charge in [-0.05, 0) is 44.6 Å². The van der Waals surface area contributed by atoms with Crippen LogP contribution in [0.5, 0.6) is 0 Å². The number of rotatable bonds is 5. The number of likely N-dealkylation sites (tertiary alicyclic amines) is 1. The molecular weight excluding hydrogens is 390 g/mol. The van der Waals surface area contributed by atoms with Crippen LogP contribution in [-0.4, -0.2) is 60.3 Å². The van der Waals surface area contributed by atoms with Crippen LogP contribution in [0.25, 0.3) is 22.0 Å². The van der Waals surface area contributed by atoms with Crippen molar-refractivity contribution in [2.75, 3.05) is 20.1 Å². The smallest absolute Gasteiger partial charge is 0.173 e. The molecular formula is C23H25N7O. The summed E-state index contributed by atoms with van der Waals surface area (Å²) in [5, 5.41) is 9.63. The molecule has 0 aliphatic carbocycles. The highest BCUT2D eigenvalue weighted by Crippen LogP contribution is 2.24. The fraction of sp³-hybridized carbons (Fsp3) is 0.348. The molecule has 0 N–H and O–H groups in total. The van der Waals surface area contributed by atoms with Crippen LogP contribution in [0.1, 0.15) is 35.1 Å². The van der Waals surface area contributed by atoms with Crippen molar-refractivity contribution in [3.05, 3.63) is 60.6 Å². The highest BCUT2D eigenvalue weighted by atomic mass is 16.1. The number of aryl methyl sites for hydroxylation is 1. The van der Waals surface area contributed by atoms with Crippen molar-refractivity contribution in [2.24, 2.45) is 7.05 Å². The van der Waals surface area contributed by atoms with Crippen LogP contribution < -0.4 is 0 Å². The van der Waals surface area contributed by atoms with E-state index in [-0.39, 0.29) is 12.2 Å². The van der Waals surface area contributed by atoms with Gasteiger partial charge in [0.05, 0.1) is 35.9 Å². The lowest BCUT2D eigenvalue weighted by Gasteiger charge is -2.28. The average Bonchev–Trinajstić information content (AvgIpc) is 3.43. The van der Waals surface area contributed by atoms with Gasteiger partial charge in [0.25, 0.3) is 0 Å². The lowest BCUT2D eigenvalue weighted by molar-refractivity contribution is 0.0990. The van der Waals surface area contributed by atoms with Crippen LogP contribution in [0.2, 0.25) is 0 Å². The van der Waals surface area contributed by atoms with Gasteiger partial charge in [0.2, 0.25) is 0 Å². The maximum absolute atomic E-state index is 12.8. The minimum atomic E-state index is -0.0121. The van der Waals surface area contributed by atoms with Crippen LogP contribution in [0.4, 0.5) is 0 Å². The molecule has 1 fully saturated rings. The SMILES string of the molecule is CN1CCC(n2cc(C(=O)Cc3ncc4ccc(-c5cnn(C)c5)cc4n3)cn2)CC1. The molecule has 0 unspecified atom stereocenters. The molecule has 1 saturated heterocycles. The molecule has 4 heterocycles. The number of hydrogen-bond acceptors (Lipinski definition) is 6. The quantitative estimate of drug-likeness (QED) is 0.466. The number of aromatic nitrogens is 6. The van der Waals surface area contributed by atoms with E-state index in [4.69, 9.17) is 0 Å². The van der Waals surface area contributed by atoms with Crippen molar-refractivity contribution in [3.8, 4) is 11.1 Å². The molecule has 0 spiro atoms. The molecule has 0 radical (unpaired) electrons. The molecule has 1 aromatic carbocycles. The molecule has 1 aliphatic heterocycles. The fourth-order valence-corrected chi connectivity index (χ4v) is 4.08. The lowest BCUT2D eigenvalue weighted by Crippen LogP contribution is -2.31. The van der Waals surface area contributed by atoms with E-state index in [1.807, 2.05) is 48.5 Å². The lowest BCUT2D eigenvalue weighted by atomic mass is 10.1. The van der Waals surface area contributed by atoms with Gasteiger partial charge in [0.1, 0.15) is 5.82 Å². The first-order valence-corrected chi connectivity index (χ1v) is 10.6. The van der Waals surface area contributed by atoms with Gasteiger partial charge >= 0.3 is 0 Å². The van der Waals surface area contributed by atoms with Crippen molar-refractivity contribution in [1.82, 2.24) is 34.4 Å². The van der Waals surface area contributed by atoms with Crippen molar-refractivity contribution in [3.63, 3.8) is 0 Å². The molecule has 31 heavy (non-hydrogen) atoms. The molecule has 158 valence electrons. The predicted octanol–water partition coefficient (Wildman–Crippen LogP) is 2.92. The van der Waals surface area contributed by atoms with E-state index in [0.29, 0.717) is 17.4 Å². The first-order chi connectivity index (χ1) is 15.0. The minimum absolute atomic E-state index is 0.0121. The summed E-state index contributed by atoms with van der Waals surface area (Å²) in [5.74, 6) is 0.509. The largest absolute Gasteiger partial charge is 0.306 e. The molecule has 3 aromatic heterocycles. The minimum Gasteiger partial charge on any atom is -0.306 e. The number of fused-ring (bicyclic) bond motifs is 1. The van der Waals surface area contributed by atoms with Crippen molar-refractivity contribution < 1.29 is 4.79 Å². The second-order valence-electron chi connectivity index (χ2n) is 8.31. The standard InChI is InChI=1S/C23H25N7O/c1-28-7-5-20(6-8-28)30-15-19(13-26-30)22(31)10-23-24-11-17-4-3-16(9-21(17)27-23)18-12-25-29(2)14-18/h3-4,9,11-15,20H,5-8,10H2,1-2H3. The third kappa shape index (κ3) is 4.11. The summed E-state index contributed by atoms with van der Waals surface area (Å²) in [6.07, 6.45) is 11.4. The van der Waals surface area contributed by atoms with Gasteiger partial charge in [-0.25, -0.2) is 9.97 Å². The van der Waals surface area contributed by atoms with Gasteiger partial charge in [-0.2, -0.15) is 10.2 Å². The Kier molecular flexibility index (Phi) is 5.07. The van der Waals surface area contributed by atoms with Crippen LogP contribution in [0.15, 0.2) is 49.2 Å². The molecule has 8 nitrogen and oxygen atoms in total. The van der Waals surface area contributed by atoms with E-state index >= 15 is 0 Å². The zero-order chi connectivity index (χ0) is 21.4. The van der Waals surface area contributed by atoms with Crippen LogP contribution in [0.3, 0.4) is 0 Å². The summed E-state index contributed by atoms with van der Waals surface area (Å²) in [7, 11) is 4.03. The Morgan fingerprint density at radius 3 is 2.65 bits per heavy atom. The summed E-state index contributed by atoms with van der Waals surface area (Å²) in [5.41, 5.74) is 3.51. The van der Waals surface area contributed by atoms with Gasteiger partial charge in [-0.1, -0.05) is 12.1 Å².